The normalized spacial score (nSPS) is 11.7. The molecule has 1 atom stereocenters. The average Bonchev–Trinajstić information content (AvgIpc) is 2.35. The molecule has 1 aromatic rings. The summed E-state index contributed by atoms with van der Waals surface area (Å²) in [4.78, 5) is 15.5. The smallest absolute Gasteiger partial charge is 0.258 e. The van der Waals surface area contributed by atoms with Crippen molar-refractivity contribution < 1.29 is 9.53 Å². The Kier molecular flexibility index (Phi) is 5.87. The first-order valence-electron chi connectivity index (χ1n) is 5.82. The van der Waals surface area contributed by atoms with Crippen molar-refractivity contribution in [2.45, 2.75) is 19.4 Å². The van der Waals surface area contributed by atoms with Gasteiger partial charge >= 0.3 is 0 Å². The van der Waals surface area contributed by atoms with Crippen LogP contribution in [0.15, 0.2) is 31.0 Å². The van der Waals surface area contributed by atoms with Gasteiger partial charge in [-0.15, -0.1) is 6.58 Å². The molecule has 0 radical (unpaired) electrons. The molecule has 18 heavy (non-hydrogen) atoms. The summed E-state index contributed by atoms with van der Waals surface area (Å²) < 4.78 is 5.28. The van der Waals surface area contributed by atoms with Crippen molar-refractivity contribution in [3.8, 4) is 5.75 Å². The fourth-order valence-corrected chi connectivity index (χ4v) is 1.33. The highest BCUT2D eigenvalue weighted by atomic mass is 16.5. The molecule has 0 saturated heterocycles. The predicted octanol–water partition coefficient (Wildman–Crippen LogP) is 0.652. The zero-order valence-electron chi connectivity index (χ0n) is 10.6. The van der Waals surface area contributed by atoms with E-state index in [1.54, 1.807) is 18.3 Å². The molecule has 1 rings (SSSR count). The number of aromatic nitrogens is 1. The van der Waals surface area contributed by atoms with Crippen LogP contribution in [-0.4, -0.2) is 30.1 Å². The molecule has 98 valence electrons. The van der Waals surface area contributed by atoms with Gasteiger partial charge in [-0.05, 0) is 19.1 Å². The molecule has 0 spiro atoms. The van der Waals surface area contributed by atoms with Gasteiger partial charge < -0.3 is 15.8 Å². The molecule has 0 aliphatic heterocycles. The molecule has 5 heteroatoms. The molecule has 0 saturated carbocycles. The molecular weight excluding hydrogens is 230 g/mol. The molecule has 0 aliphatic carbocycles. The Morgan fingerprint density at radius 3 is 3.00 bits per heavy atom. The number of hydrogen-bond acceptors (Lipinski definition) is 4. The van der Waals surface area contributed by atoms with Crippen LogP contribution in [0.3, 0.4) is 0 Å². The van der Waals surface area contributed by atoms with Crippen LogP contribution in [0.5, 0.6) is 5.75 Å². The van der Waals surface area contributed by atoms with Gasteiger partial charge in [-0.2, -0.15) is 0 Å². The Balaban J connectivity index is 2.39. The highest BCUT2D eigenvalue weighted by molar-refractivity contribution is 5.77. The number of nitrogens with one attached hydrogen (secondary N) is 1. The number of carbonyl (C=O) groups is 1. The van der Waals surface area contributed by atoms with Crippen LogP contribution < -0.4 is 15.8 Å². The lowest BCUT2D eigenvalue weighted by Crippen LogP contribution is -2.28. The Labute approximate surface area is 107 Å². The third kappa shape index (κ3) is 5.45. The van der Waals surface area contributed by atoms with Gasteiger partial charge in [0.25, 0.3) is 5.91 Å². The van der Waals surface area contributed by atoms with Gasteiger partial charge in [0, 0.05) is 24.7 Å². The van der Waals surface area contributed by atoms with Crippen molar-refractivity contribution >= 4 is 5.91 Å². The summed E-state index contributed by atoms with van der Waals surface area (Å²) in [5.74, 6) is 0.381. The van der Waals surface area contributed by atoms with Gasteiger partial charge in [0.2, 0.25) is 0 Å². The summed E-state index contributed by atoms with van der Waals surface area (Å²) in [7, 11) is 0. The lowest BCUT2D eigenvalue weighted by molar-refractivity contribution is -0.122. The zero-order valence-corrected chi connectivity index (χ0v) is 10.6. The van der Waals surface area contributed by atoms with Crippen LogP contribution in [-0.2, 0) is 11.2 Å². The molecule has 0 aromatic carbocycles. The lowest BCUT2D eigenvalue weighted by atomic mass is 10.2. The number of ether oxygens (including phenoxy) is 1. The maximum atomic E-state index is 11.3. The van der Waals surface area contributed by atoms with E-state index in [9.17, 15) is 4.79 Å². The van der Waals surface area contributed by atoms with Crippen LogP contribution in [0.2, 0.25) is 0 Å². The van der Waals surface area contributed by atoms with Crippen LogP contribution in [0.4, 0.5) is 0 Å². The number of nitrogens with two attached hydrogens (primary N) is 1. The van der Waals surface area contributed by atoms with Crippen molar-refractivity contribution in [1.82, 2.24) is 10.3 Å². The zero-order chi connectivity index (χ0) is 13.4. The van der Waals surface area contributed by atoms with Crippen molar-refractivity contribution in [3.05, 3.63) is 36.7 Å². The molecule has 0 bridgehead atoms. The van der Waals surface area contributed by atoms with E-state index in [0.29, 0.717) is 12.3 Å². The number of amides is 1. The lowest BCUT2D eigenvalue weighted by Gasteiger charge is -2.07. The molecular formula is C13H19N3O2. The maximum absolute atomic E-state index is 11.3. The standard InChI is InChI=1S/C13H19N3O2/c1-3-6-15-13(17)9-18-12-5-4-11(16-8-12)7-10(2)14/h3-5,8,10H,1,6-7,9,14H2,2H3,(H,15,17). The Hall–Kier alpha value is -1.88. The fraction of sp³-hybridized carbons (Fsp3) is 0.385. The third-order valence-corrected chi connectivity index (χ3v) is 2.14. The maximum Gasteiger partial charge on any atom is 0.258 e. The van der Waals surface area contributed by atoms with E-state index >= 15 is 0 Å². The molecule has 0 aliphatic rings. The van der Waals surface area contributed by atoms with E-state index in [4.69, 9.17) is 10.5 Å². The Bertz CT molecular complexity index is 388. The van der Waals surface area contributed by atoms with E-state index < -0.39 is 0 Å². The summed E-state index contributed by atoms with van der Waals surface area (Å²) >= 11 is 0. The summed E-state index contributed by atoms with van der Waals surface area (Å²) in [5, 5.41) is 2.62. The molecule has 1 aromatic heterocycles. The number of nitrogens with zero attached hydrogens (tertiary/aromatic N) is 1. The van der Waals surface area contributed by atoms with Gasteiger partial charge in [0.1, 0.15) is 5.75 Å². The number of carbonyl (C=O) groups excluding carboxylic acids is 1. The van der Waals surface area contributed by atoms with Crippen molar-refractivity contribution in [2.75, 3.05) is 13.2 Å². The summed E-state index contributed by atoms with van der Waals surface area (Å²) in [6, 6.07) is 3.71. The molecule has 3 N–H and O–H groups in total. The predicted molar refractivity (Wildman–Crippen MR) is 70.3 cm³/mol. The van der Waals surface area contributed by atoms with E-state index in [2.05, 4.69) is 16.9 Å². The largest absolute Gasteiger partial charge is 0.482 e. The van der Waals surface area contributed by atoms with Gasteiger partial charge in [-0.3, -0.25) is 9.78 Å². The minimum atomic E-state index is -0.186. The number of hydrogen-bond donors (Lipinski definition) is 2. The van der Waals surface area contributed by atoms with Gasteiger partial charge in [0.05, 0.1) is 6.20 Å². The Morgan fingerprint density at radius 1 is 1.67 bits per heavy atom. The summed E-state index contributed by atoms with van der Waals surface area (Å²) in [6.45, 7) is 5.85. The second kappa shape index (κ2) is 7.45. The number of pyridine rings is 1. The topological polar surface area (TPSA) is 77.2 Å². The van der Waals surface area contributed by atoms with E-state index in [-0.39, 0.29) is 18.6 Å². The van der Waals surface area contributed by atoms with Crippen molar-refractivity contribution in [1.29, 1.82) is 0 Å². The molecule has 0 fully saturated rings. The minimum Gasteiger partial charge on any atom is -0.482 e. The van der Waals surface area contributed by atoms with Gasteiger partial charge in [-0.1, -0.05) is 6.08 Å². The quantitative estimate of drug-likeness (QED) is 0.696. The monoisotopic (exact) mass is 249 g/mol. The average molecular weight is 249 g/mol. The fourth-order valence-electron chi connectivity index (χ4n) is 1.33. The minimum absolute atomic E-state index is 0.0256. The van der Waals surface area contributed by atoms with Crippen LogP contribution >= 0.6 is 0 Å². The second-order valence-corrected chi connectivity index (χ2v) is 4.05. The Morgan fingerprint density at radius 2 is 2.44 bits per heavy atom. The first-order valence-corrected chi connectivity index (χ1v) is 5.82. The van der Waals surface area contributed by atoms with Gasteiger partial charge in [0.15, 0.2) is 6.61 Å². The van der Waals surface area contributed by atoms with Gasteiger partial charge in [-0.25, -0.2) is 0 Å². The molecule has 1 unspecified atom stereocenters. The molecule has 5 nitrogen and oxygen atoms in total. The van der Waals surface area contributed by atoms with Crippen LogP contribution in [0.25, 0.3) is 0 Å². The first-order chi connectivity index (χ1) is 8.61. The molecule has 1 amide bonds. The van der Waals surface area contributed by atoms with E-state index in [1.165, 1.54) is 0 Å². The van der Waals surface area contributed by atoms with E-state index in [1.807, 2.05) is 13.0 Å². The SMILES string of the molecule is C=CCNC(=O)COc1ccc(CC(C)N)nc1. The second-order valence-electron chi connectivity index (χ2n) is 4.05. The summed E-state index contributed by atoms with van der Waals surface area (Å²) in [6.07, 6.45) is 3.93. The van der Waals surface area contributed by atoms with Crippen LogP contribution in [0, 0.1) is 0 Å². The number of rotatable bonds is 7. The highest BCUT2D eigenvalue weighted by Gasteiger charge is 2.03. The van der Waals surface area contributed by atoms with Crippen molar-refractivity contribution in [2.24, 2.45) is 5.73 Å². The van der Waals surface area contributed by atoms with Crippen molar-refractivity contribution in [3.63, 3.8) is 0 Å². The van der Waals surface area contributed by atoms with E-state index in [0.717, 1.165) is 12.1 Å². The third-order valence-electron chi connectivity index (χ3n) is 2.14. The van der Waals surface area contributed by atoms with Crippen LogP contribution in [0.1, 0.15) is 12.6 Å². The molecule has 1 heterocycles. The first kappa shape index (κ1) is 14.2. The highest BCUT2D eigenvalue weighted by Crippen LogP contribution is 2.09. The summed E-state index contributed by atoms with van der Waals surface area (Å²) in [5.41, 5.74) is 6.59.